The van der Waals surface area contributed by atoms with Crippen LogP contribution in [-0.2, 0) is 10.8 Å². The molecule has 3 heteroatoms. The summed E-state index contributed by atoms with van der Waals surface area (Å²) in [6, 6.07) is 10.3. The lowest BCUT2D eigenvalue weighted by molar-refractivity contribution is 0.104. The maximum Gasteiger partial charge on any atom is 0.189 e. The normalized spacial score (nSPS) is 12.5. The molecular formula is C23H28O3. The number of ketones is 1. The lowest BCUT2D eigenvalue weighted by Gasteiger charge is -2.27. The minimum Gasteiger partial charge on any atom is -0.507 e. The second-order valence-corrected chi connectivity index (χ2v) is 8.68. The van der Waals surface area contributed by atoms with Gasteiger partial charge in [0.05, 0.1) is 5.56 Å². The summed E-state index contributed by atoms with van der Waals surface area (Å²) in [7, 11) is 0. The molecule has 0 unspecified atom stereocenters. The van der Waals surface area contributed by atoms with E-state index < -0.39 is 0 Å². The van der Waals surface area contributed by atoms with Crippen molar-refractivity contribution in [1.82, 2.24) is 0 Å². The number of para-hydroxylation sites is 1. The maximum atomic E-state index is 12.4. The van der Waals surface area contributed by atoms with Crippen LogP contribution in [0.5, 0.6) is 11.5 Å². The molecule has 138 valence electrons. The van der Waals surface area contributed by atoms with Gasteiger partial charge in [-0.3, -0.25) is 4.79 Å². The quantitative estimate of drug-likeness (QED) is 0.559. The Bertz CT molecular complexity index is 811. The van der Waals surface area contributed by atoms with E-state index in [0.29, 0.717) is 5.75 Å². The molecule has 0 aliphatic heterocycles. The SMILES string of the molecule is CC(C)(C)c1cc(/C=C/C(=O)c2ccccc2O)cc(C(C)(C)C)c1O. The van der Waals surface area contributed by atoms with Crippen LogP contribution in [0.4, 0.5) is 0 Å². The monoisotopic (exact) mass is 352 g/mol. The van der Waals surface area contributed by atoms with Crippen LogP contribution in [0.2, 0.25) is 0 Å². The van der Waals surface area contributed by atoms with Crippen molar-refractivity contribution in [1.29, 1.82) is 0 Å². The van der Waals surface area contributed by atoms with E-state index in [1.54, 1.807) is 24.3 Å². The fourth-order valence-corrected chi connectivity index (χ4v) is 2.84. The molecule has 0 amide bonds. The van der Waals surface area contributed by atoms with Crippen LogP contribution in [0, 0.1) is 0 Å². The summed E-state index contributed by atoms with van der Waals surface area (Å²) in [5.41, 5.74) is 2.36. The summed E-state index contributed by atoms with van der Waals surface area (Å²) >= 11 is 0. The molecular weight excluding hydrogens is 324 g/mol. The second kappa shape index (κ2) is 6.99. The van der Waals surface area contributed by atoms with Crippen LogP contribution < -0.4 is 0 Å². The summed E-state index contributed by atoms with van der Waals surface area (Å²) in [5, 5.41) is 20.6. The average molecular weight is 352 g/mol. The summed E-state index contributed by atoms with van der Waals surface area (Å²) in [6.07, 6.45) is 3.19. The van der Waals surface area contributed by atoms with Gasteiger partial charge in [0.25, 0.3) is 0 Å². The lowest BCUT2D eigenvalue weighted by atomic mass is 9.78. The van der Waals surface area contributed by atoms with Crippen LogP contribution >= 0.6 is 0 Å². The number of aromatic hydroxyl groups is 2. The number of hydrogen-bond donors (Lipinski definition) is 2. The van der Waals surface area contributed by atoms with E-state index in [1.807, 2.05) is 12.1 Å². The molecule has 0 spiro atoms. The van der Waals surface area contributed by atoms with Crippen LogP contribution in [0.15, 0.2) is 42.5 Å². The largest absolute Gasteiger partial charge is 0.507 e. The summed E-state index contributed by atoms with van der Waals surface area (Å²) in [5.74, 6) is 0.0265. The van der Waals surface area contributed by atoms with E-state index in [9.17, 15) is 15.0 Å². The smallest absolute Gasteiger partial charge is 0.189 e. The molecule has 0 saturated heterocycles. The van der Waals surface area contributed by atoms with Gasteiger partial charge in [-0.2, -0.15) is 0 Å². The highest BCUT2D eigenvalue weighted by Gasteiger charge is 2.26. The molecule has 0 aromatic heterocycles. The predicted octanol–water partition coefficient (Wildman–Crippen LogP) is 5.59. The molecule has 2 aromatic rings. The molecule has 0 bridgehead atoms. The van der Waals surface area contributed by atoms with Crippen molar-refractivity contribution in [2.75, 3.05) is 0 Å². The molecule has 26 heavy (non-hydrogen) atoms. The third-order valence-electron chi connectivity index (χ3n) is 4.34. The number of hydrogen-bond acceptors (Lipinski definition) is 3. The van der Waals surface area contributed by atoms with Crippen molar-refractivity contribution in [2.24, 2.45) is 0 Å². The van der Waals surface area contributed by atoms with Gasteiger partial charge in [-0.15, -0.1) is 0 Å². The van der Waals surface area contributed by atoms with Gasteiger partial charge in [-0.25, -0.2) is 0 Å². The van der Waals surface area contributed by atoms with Gasteiger partial charge in [0.1, 0.15) is 11.5 Å². The molecule has 0 heterocycles. The molecule has 0 atom stereocenters. The van der Waals surface area contributed by atoms with Crippen LogP contribution in [0.3, 0.4) is 0 Å². The minimum absolute atomic E-state index is 0.0291. The Balaban J connectivity index is 2.50. The number of carbonyl (C=O) groups excluding carboxylic acids is 1. The van der Waals surface area contributed by atoms with E-state index in [-0.39, 0.29) is 27.9 Å². The first-order valence-corrected chi connectivity index (χ1v) is 8.79. The molecule has 2 aromatic carbocycles. The number of phenols is 2. The maximum absolute atomic E-state index is 12.4. The minimum atomic E-state index is -0.259. The lowest BCUT2D eigenvalue weighted by Crippen LogP contribution is -2.17. The van der Waals surface area contributed by atoms with E-state index >= 15 is 0 Å². The highest BCUT2D eigenvalue weighted by Crippen LogP contribution is 2.40. The van der Waals surface area contributed by atoms with Crippen molar-refractivity contribution < 1.29 is 15.0 Å². The first-order valence-electron chi connectivity index (χ1n) is 8.79. The van der Waals surface area contributed by atoms with Gasteiger partial charge < -0.3 is 10.2 Å². The third-order valence-corrected chi connectivity index (χ3v) is 4.34. The molecule has 2 N–H and O–H groups in total. The number of carbonyl (C=O) groups is 1. The molecule has 2 rings (SSSR count). The van der Waals surface area contributed by atoms with Gasteiger partial charge >= 0.3 is 0 Å². The number of benzene rings is 2. The number of phenolic OH excluding ortho intramolecular Hbond substituents is 2. The molecule has 0 fully saturated rings. The van der Waals surface area contributed by atoms with Gasteiger partial charge in [0.15, 0.2) is 5.78 Å². The van der Waals surface area contributed by atoms with Gasteiger partial charge in [-0.05, 0) is 46.7 Å². The van der Waals surface area contributed by atoms with E-state index in [0.717, 1.165) is 16.7 Å². The number of allylic oxidation sites excluding steroid dienone is 1. The molecule has 0 saturated carbocycles. The van der Waals surface area contributed by atoms with E-state index in [2.05, 4.69) is 41.5 Å². The van der Waals surface area contributed by atoms with Gasteiger partial charge in [-0.1, -0.05) is 59.8 Å². The van der Waals surface area contributed by atoms with Gasteiger partial charge in [0, 0.05) is 11.1 Å². The molecule has 0 aliphatic carbocycles. The van der Waals surface area contributed by atoms with Crippen LogP contribution in [0.25, 0.3) is 6.08 Å². The zero-order valence-corrected chi connectivity index (χ0v) is 16.4. The van der Waals surface area contributed by atoms with Crippen LogP contribution in [-0.4, -0.2) is 16.0 Å². The average Bonchev–Trinajstić information content (AvgIpc) is 2.51. The first kappa shape index (κ1) is 19.8. The Morgan fingerprint density at radius 3 is 1.85 bits per heavy atom. The Morgan fingerprint density at radius 2 is 1.38 bits per heavy atom. The molecule has 3 nitrogen and oxygen atoms in total. The second-order valence-electron chi connectivity index (χ2n) is 8.68. The fourth-order valence-electron chi connectivity index (χ4n) is 2.84. The van der Waals surface area contributed by atoms with Crippen molar-refractivity contribution in [2.45, 2.75) is 52.4 Å². The van der Waals surface area contributed by atoms with E-state index in [4.69, 9.17) is 0 Å². The molecule has 0 radical (unpaired) electrons. The van der Waals surface area contributed by atoms with Crippen LogP contribution in [0.1, 0.15) is 68.6 Å². The standard InChI is InChI=1S/C23H28O3/c1-22(2,3)17-13-15(14-18(21(17)26)23(4,5)6)11-12-20(25)16-9-7-8-10-19(16)24/h7-14,24,26H,1-6H3/b12-11+. The topological polar surface area (TPSA) is 57.5 Å². The fraction of sp³-hybridized carbons (Fsp3) is 0.348. The van der Waals surface area contributed by atoms with Crippen molar-refractivity contribution in [3.05, 3.63) is 64.7 Å². The Labute approximate surface area is 156 Å². The summed E-state index contributed by atoms with van der Waals surface area (Å²) in [4.78, 5) is 12.4. The van der Waals surface area contributed by atoms with Crippen molar-refractivity contribution in [3.8, 4) is 11.5 Å². The van der Waals surface area contributed by atoms with Crippen molar-refractivity contribution in [3.63, 3.8) is 0 Å². The summed E-state index contributed by atoms with van der Waals surface area (Å²) < 4.78 is 0. The third kappa shape index (κ3) is 4.34. The first-order chi connectivity index (χ1) is 11.9. The zero-order chi connectivity index (χ0) is 19.7. The van der Waals surface area contributed by atoms with Gasteiger partial charge in [0.2, 0.25) is 0 Å². The predicted molar refractivity (Wildman–Crippen MR) is 107 cm³/mol. The molecule has 0 aliphatic rings. The zero-order valence-electron chi connectivity index (χ0n) is 16.4. The van der Waals surface area contributed by atoms with E-state index in [1.165, 1.54) is 12.1 Å². The Hall–Kier alpha value is -2.55. The Kier molecular flexibility index (Phi) is 5.31. The number of rotatable bonds is 3. The van der Waals surface area contributed by atoms with Crippen molar-refractivity contribution >= 4 is 11.9 Å². The summed E-state index contributed by atoms with van der Waals surface area (Å²) in [6.45, 7) is 12.3. The highest BCUT2D eigenvalue weighted by molar-refractivity contribution is 6.08. The Morgan fingerprint density at radius 1 is 0.885 bits per heavy atom. The highest BCUT2D eigenvalue weighted by atomic mass is 16.3.